The van der Waals surface area contributed by atoms with Crippen LogP contribution in [0.3, 0.4) is 0 Å². The van der Waals surface area contributed by atoms with E-state index in [4.69, 9.17) is 4.74 Å². The molecule has 0 spiro atoms. The molecule has 1 fully saturated rings. The Kier molecular flexibility index (Phi) is 7.59. The molecule has 7 nitrogen and oxygen atoms in total. The number of benzene rings is 2. The van der Waals surface area contributed by atoms with Crippen molar-refractivity contribution in [2.45, 2.75) is 50.0 Å². The van der Waals surface area contributed by atoms with Crippen LogP contribution < -0.4 is 14.9 Å². The molecule has 3 rings (SSSR count). The molecule has 1 atom stereocenters. The van der Waals surface area contributed by atoms with Crippen LogP contribution in [0, 0.1) is 0 Å². The van der Waals surface area contributed by atoms with Crippen molar-refractivity contribution in [1.29, 1.82) is 0 Å². The van der Waals surface area contributed by atoms with Gasteiger partial charge in [-0.05, 0) is 60.2 Å². The van der Waals surface area contributed by atoms with E-state index < -0.39 is 15.9 Å². The van der Waals surface area contributed by atoms with Crippen LogP contribution in [0.2, 0.25) is 0 Å². The van der Waals surface area contributed by atoms with Gasteiger partial charge in [0.15, 0.2) is 0 Å². The van der Waals surface area contributed by atoms with E-state index in [0.717, 1.165) is 37.2 Å². The van der Waals surface area contributed by atoms with E-state index in [1.807, 2.05) is 24.3 Å². The van der Waals surface area contributed by atoms with Crippen LogP contribution in [-0.4, -0.2) is 47.2 Å². The van der Waals surface area contributed by atoms with E-state index in [1.165, 1.54) is 0 Å². The van der Waals surface area contributed by atoms with E-state index in [1.54, 1.807) is 31.4 Å². The summed E-state index contributed by atoms with van der Waals surface area (Å²) in [6.45, 7) is 7.68. The monoisotopic (exact) mass is 459 g/mol. The van der Waals surface area contributed by atoms with Crippen LogP contribution in [0.4, 0.5) is 11.4 Å². The highest BCUT2D eigenvalue weighted by atomic mass is 32.2. The van der Waals surface area contributed by atoms with Gasteiger partial charge in [0.05, 0.1) is 17.5 Å². The van der Waals surface area contributed by atoms with Gasteiger partial charge in [-0.15, -0.1) is 0 Å². The summed E-state index contributed by atoms with van der Waals surface area (Å²) in [4.78, 5) is 14.7. The fraction of sp³-hybridized carbons (Fsp3) is 0.458. The summed E-state index contributed by atoms with van der Waals surface area (Å²) in [6.07, 6.45) is 2.38. The number of anilines is 2. The average molecular weight is 460 g/mol. The number of nitrogens with zero attached hydrogens (tertiary/aromatic N) is 1. The quantitative estimate of drug-likeness (QED) is 0.662. The highest BCUT2D eigenvalue weighted by molar-refractivity contribution is 7.89. The minimum atomic E-state index is -3.77. The number of amides is 1. The third kappa shape index (κ3) is 6.31. The van der Waals surface area contributed by atoms with Crippen LogP contribution in [0.1, 0.15) is 39.2 Å². The predicted molar refractivity (Wildman–Crippen MR) is 128 cm³/mol. The van der Waals surface area contributed by atoms with Gasteiger partial charge >= 0.3 is 0 Å². The number of carbonyl (C=O) groups is 1. The maximum absolute atomic E-state index is 12.5. The lowest BCUT2D eigenvalue weighted by Crippen LogP contribution is -2.39. The molecular weight excluding hydrogens is 426 g/mol. The van der Waals surface area contributed by atoms with E-state index in [-0.39, 0.29) is 23.0 Å². The van der Waals surface area contributed by atoms with Gasteiger partial charge < -0.3 is 15.0 Å². The second-order valence-electron chi connectivity index (χ2n) is 9.14. The molecule has 1 amide bonds. The molecule has 0 saturated carbocycles. The van der Waals surface area contributed by atoms with Gasteiger partial charge in [-0.3, -0.25) is 4.79 Å². The number of methoxy groups -OCH3 is 1. The number of hydrogen-bond acceptors (Lipinski definition) is 5. The van der Waals surface area contributed by atoms with Crippen molar-refractivity contribution >= 4 is 27.3 Å². The topological polar surface area (TPSA) is 87.7 Å². The molecule has 2 aromatic rings. The lowest BCUT2D eigenvalue weighted by molar-refractivity contribution is -0.115. The molecule has 1 aliphatic heterocycles. The molecule has 0 radical (unpaired) electrons. The Morgan fingerprint density at radius 3 is 2.34 bits per heavy atom. The summed E-state index contributed by atoms with van der Waals surface area (Å²) in [5.41, 5.74) is 2.67. The summed E-state index contributed by atoms with van der Waals surface area (Å²) in [6, 6.07) is 14.3. The summed E-state index contributed by atoms with van der Waals surface area (Å²) in [7, 11) is -2.03. The smallest absolute Gasteiger partial charge is 0.241 e. The van der Waals surface area contributed by atoms with Gasteiger partial charge in [0.2, 0.25) is 15.9 Å². The lowest BCUT2D eigenvalue weighted by atomic mass is 9.87. The van der Waals surface area contributed by atoms with Crippen molar-refractivity contribution in [3.05, 3.63) is 54.1 Å². The Morgan fingerprint density at radius 1 is 1.09 bits per heavy atom. The molecule has 0 aromatic heterocycles. The standard InChI is InChI=1S/C24H33N3O4S/c1-24(2,3)18-7-13-22(14-8-18)32(29,30)25-16-23(28)26-19-9-11-20(12-10-19)27-15-5-6-21(17-27)31-4/h7-14,21,25H,5-6,15-17H2,1-4H3,(H,26,28). The highest BCUT2D eigenvalue weighted by Gasteiger charge is 2.20. The summed E-state index contributed by atoms with van der Waals surface area (Å²) >= 11 is 0. The van der Waals surface area contributed by atoms with E-state index in [9.17, 15) is 13.2 Å². The highest BCUT2D eigenvalue weighted by Crippen LogP contribution is 2.24. The van der Waals surface area contributed by atoms with Crippen LogP contribution in [0.5, 0.6) is 0 Å². The molecule has 8 heteroatoms. The number of rotatable bonds is 7. The molecule has 2 N–H and O–H groups in total. The predicted octanol–water partition coefficient (Wildman–Crippen LogP) is 3.52. The summed E-state index contributed by atoms with van der Waals surface area (Å²) in [5.74, 6) is -0.426. The number of sulfonamides is 1. The Hall–Kier alpha value is -2.42. The largest absolute Gasteiger partial charge is 0.380 e. The van der Waals surface area contributed by atoms with Crippen molar-refractivity contribution in [3.8, 4) is 0 Å². The Morgan fingerprint density at radius 2 is 1.75 bits per heavy atom. The number of carbonyl (C=O) groups excluding carboxylic acids is 1. The first kappa shape index (κ1) is 24.2. The lowest BCUT2D eigenvalue weighted by Gasteiger charge is -2.33. The molecule has 0 bridgehead atoms. The van der Waals surface area contributed by atoms with Crippen molar-refractivity contribution in [3.63, 3.8) is 0 Å². The van der Waals surface area contributed by atoms with Gasteiger partial charge in [0.25, 0.3) is 0 Å². The van der Waals surface area contributed by atoms with Crippen molar-refractivity contribution < 1.29 is 17.9 Å². The molecule has 0 aliphatic carbocycles. The van der Waals surface area contributed by atoms with Gasteiger partial charge in [-0.2, -0.15) is 0 Å². The number of ether oxygens (including phenoxy) is 1. The Labute approximate surface area is 191 Å². The third-order valence-corrected chi connectivity index (χ3v) is 7.10. The Balaban J connectivity index is 1.54. The van der Waals surface area contributed by atoms with E-state index in [2.05, 4.69) is 35.7 Å². The van der Waals surface area contributed by atoms with Gasteiger partial charge in [0, 0.05) is 31.6 Å². The fourth-order valence-electron chi connectivity index (χ4n) is 3.70. The first-order valence-electron chi connectivity index (χ1n) is 10.9. The summed E-state index contributed by atoms with van der Waals surface area (Å²) in [5, 5.41) is 2.74. The number of nitrogens with one attached hydrogen (secondary N) is 2. The number of piperidine rings is 1. The fourth-order valence-corrected chi connectivity index (χ4v) is 4.69. The van der Waals surface area contributed by atoms with Crippen LogP contribution in [0.25, 0.3) is 0 Å². The van der Waals surface area contributed by atoms with Crippen molar-refractivity contribution in [2.24, 2.45) is 0 Å². The summed E-state index contributed by atoms with van der Waals surface area (Å²) < 4.78 is 32.9. The molecule has 1 aliphatic rings. The van der Waals surface area contributed by atoms with E-state index in [0.29, 0.717) is 5.69 Å². The van der Waals surface area contributed by atoms with Crippen molar-refractivity contribution in [2.75, 3.05) is 37.0 Å². The molecule has 1 saturated heterocycles. The maximum atomic E-state index is 12.5. The Bertz CT molecular complexity index is 1010. The molecule has 1 unspecified atom stereocenters. The first-order valence-corrected chi connectivity index (χ1v) is 12.3. The van der Waals surface area contributed by atoms with Gasteiger partial charge in [-0.25, -0.2) is 13.1 Å². The number of hydrogen-bond donors (Lipinski definition) is 2. The van der Waals surface area contributed by atoms with Crippen LogP contribution in [0.15, 0.2) is 53.4 Å². The average Bonchev–Trinajstić information content (AvgIpc) is 2.78. The molecule has 174 valence electrons. The SMILES string of the molecule is COC1CCCN(c2ccc(NC(=O)CNS(=O)(=O)c3ccc(C(C)(C)C)cc3)cc2)C1. The van der Waals surface area contributed by atoms with Gasteiger partial charge in [-0.1, -0.05) is 32.9 Å². The molecule has 2 aromatic carbocycles. The second-order valence-corrected chi connectivity index (χ2v) is 10.9. The minimum Gasteiger partial charge on any atom is -0.380 e. The zero-order valence-corrected chi connectivity index (χ0v) is 20.0. The normalized spacial score (nSPS) is 17.2. The van der Waals surface area contributed by atoms with E-state index >= 15 is 0 Å². The van der Waals surface area contributed by atoms with Gasteiger partial charge in [0.1, 0.15) is 0 Å². The zero-order chi connectivity index (χ0) is 23.4. The zero-order valence-electron chi connectivity index (χ0n) is 19.2. The maximum Gasteiger partial charge on any atom is 0.241 e. The van der Waals surface area contributed by atoms with Crippen molar-refractivity contribution in [1.82, 2.24) is 4.72 Å². The molecule has 32 heavy (non-hydrogen) atoms. The van der Waals surface area contributed by atoms with Crippen LogP contribution in [-0.2, 0) is 25.0 Å². The first-order chi connectivity index (χ1) is 15.1. The molecule has 1 heterocycles. The van der Waals surface area contributed by atoms with Crippen LogP contribution >= 0.6 is 0 Å². The second kappa shape index (κ2) is 10.0. The molecular formula is C24H33N3O4S. The minimum absolute atomic E-state index is 0.0648. The third-order valence-electron chi connectivity index (χ3n) is 5.68.